The fraction of sp³-hybridized carbons (Fsp3) is 0.500. The van der Waals surface area contributed by atoms with E-state index in [4.69, 9.17) is 9.72 Å². The number of piperidine rings is 1. The maximum absolute atomic E-state index is 13.4. The molecule has 35 heavy (non-hydrogen) atoms. The van der Waals surface area contributed by atoms with E-state index < -0.39 is 11.7 Å². The van der Waals surface area contributed by atoms with Gasteiger partial charge in [-0.05, 0) is 70.0 Å². The molecule has 0 saturated carbocycles. The molecular formula is C26H30F3N3O3. The Morgan fingerprint density at radius 1 is 0.914 bits per heavy atom. The number of rotatable bonds is 3. The fourth-order valence-electron chi connectivity index (χ4n) is 4.92. The van der Waals surface area contributed by atoms with E-state index in [0.717, 1.165) is 23.5 Å². The lowest BCUT2D eigenvalue weighted by atomic mass is 9.89. The average Bonchev–Trinajstić information content (AvgIpc) is 2.82. The Bertz CT molecular complexity index is 1070. The lowest BCUT2D eigenvalue weighted by Crippen LogP contribution is -2.48. The molecule has 3 heterocycles. The number of benzene rings is 1. The highest BCUT2D eigenvalue weighted by Gasteiger charge is 2.33. The highest BCUT2D eigenvalue weighted by atomic mass is 19.4. The maximum Gasteiger partial charge on any atom is 0.416 e. The van der Waals surface area contributed by atoms with Crippen molar-refractivity contribution in [1.29, 1.82) is 0 Å². The van der Waals surface area contributed by atoms with Crippen molar-refractivity contribution in [3.8, 4) is 0 Å². The summed E-state index contributed by atoms with van der Waals surface area (Å²) in [5.74, 6) is -0.332. The van der Waals surface area contributed by atoms with Crippen LogP contribution in [0.1, 0.15) is 70.3 Å². The zero-order valence-corrected chi connectivity index (χ0v) is 20.1. The second-order valence-corrected chi connectivity index (χ2v) is 9.49. The van der Waals surface area contributed by atoms with Gasteiger partial charge in [-0.25, -0.2) is 0 Å². The van der Waals surface area contributed by atoms with E-state index in [1.807, 2.05) is 37.8 Å². The van der Waals surface area contributed by atoms with Crippen molar-refractivity contribution < 1.29 is 27.5 Å². The third-order valence-corrected chi connectivity index (χ3v) is 6.63. The highest BCUT2D eigenvalue weighted by molar-refractivity contribution is 5.96. The highest BCUT2D eigenvalue weighted by Crippen LogP contribution is 2.32. The number of aromatic nitrogens is 1. The number of morpholine rings is 1. The molecule has 2 saturated heterocycles. The number of carbonyl (C=O) groups excluding carboxylic acids is 2. The smallest absolute Gasteiger partial charge is 0.372 e. The van der Waals surface area contributed by atoms with E-state index in [2.05, 4.69) is 0 Å². The molecule has 4 rings (SSSR count). The monoisotopic (exact) mass is 489 g/mol. The van der Waals surface area contributed by atoms with Gasteiger partial charge in [-0.15, -0.1) is 0 Å². The summed E-state index contributed by atoms with van der Waals surface area (Å²) in [6.45, 7) is 7.73. The van der Waals surface area contributed by atoms with Crippen molar-refractivity contribution in [3.05, 3.63) is 64.5 Å². The number of alkyl halides is 3. The fourth-order valence-corrected chi connectivity index (χ4v) is 4.92. The number of nitrogens with zero attached hydrogens (tertiary/aromatic N) is 3. The van der Waals surface area contributed by atoms with Crippen LogP contribution in [0.3, 0.4) is 0 Å². The van der Waals surface area contributed by atoms with Gasteiger partial charge in [-0.2, -0.15) is 13.2 Å². The zero-order chi connectivity index (χ0) is 25.3. The molecule has 0 aliphatic carbocycles. The van der Waals surface area contributed by atoms with Crippen molar-refractivity contribution in [3.63, 3.8) is 0 Å². The number of amides is 2. The quantitative estimate of drug-likeness (QED) is 0.628. The first-order chi connectivity index (χ1) is 16.5. The molecule has 2 amide bonds. The van der Waals surface area contributed by atoms with Gasteiger partial charge in [0.2, 0.25) is 0 Å². The molecule has 0 radical (unpaired) electrons. The lowest BCUT2D eigenvalue weighted by Gasteiger charge is -2.36. The van der Waals surface area contributed by atoms with Crippen molar-refractivity contribution >= 4 is 11.8 Å². The molecule has 1 aromatic carbocycles. The summed E-state index contributed by atoms with van der Waals surface area (Å²) in [6.07, 6.45) is -3.27. The molecule has 0 bridgehead atoms. The number of ether oxygens (including phenoxy) is 1. The SMILES string of the molecule is Cc1ccc(C(=O)N2C[C@@H](C)O[C@H](C)C2)c(C2CCN(C(=O)c3ccc(C(F)(F)F)cc3)CC2)n1. The van der Waals surface area contributed by atoms with E-state index in [0.29, 0.717) is 44.6 Å². The number of halogens is 3. The molecule has 2 atom stereocenters. The van der Waals surface area contributed by atoms with Crippen LogP contribution in [-0.2, 0) is 10.9 Å². The summed E-state index contributed by atoms with van der Waals surface area (Å²) in [5.41, 5.74) is 1.62. The minimum Gasteiger partial charge on any atom is -0.372 e. The number of hydrogen-bond acceptors (Lipinski definition) is 4. The Hall–Kier alpha value is -2.94. The van der Waals surface area contributed by atoms with Gasteiger partial charge in [0.25, 0.3) is 11.8 Å². The molecule has 2 fully saturated rings. The molecule has 2 aromatic rings. The van der Waals surface area contributed by atoms with Crippen LogP contribution in [0.4, 0.5) is 13.2 Å². The van der Waals surface area contributed by atoms with Crippen molar-refractivity contribution in [2.75, 3.05) is 26.2 Å². The number of pyridine rings is 1. The Morgan fingerprint density at radius 2 is 1.51 bits per heavy atom. The molecule has 2 aliphatic rings. The van der Waals surface area contributed by atoms with E-state index in [9.17, 15) is 22.8 Å². The second kappa shape index (κ2) is 9.97. The molecule has 2 aliphatic heterocycles. The summed E-state index contributed by atoms with van der Waals surface area (Å²) >= 11 is 0. The van der Waals surface area contributed by atoms with Crippen LogP contribution in [0.5, 0.6) is 0 Å². The van der Waals surface area contributed by atoms with Crippen LogP contribution < -0.4 is 0 Å². The first kappa shape index (κ1) is 25.2. The second-order valence-electron chi connectivity index (χ2n) is 9.49. The minimum absolute atomic E-state index is 0.0152. The molecule has 188 valence electrons. The molecule has 9 heteroatoms. The summed E-state index contributed by atoms with van der Waals surface area (Å²) < 4.78 is 44.2. The zero-order valence-electron chi connectivity index (χ0n) is 20.1. The van der Waals surface area contributed by atoms with Gasteiger partial charge in [0, 0.05) is 43.4 Å². The van der Waals surface area contributed by atoms with Gasteiger partial charge >= 0.3 is 6.18 Å². The van der Waals surface area contributed by atoms with Gasteiger partial charge in [0.05, 0.1) is 29.0 Å². The largest absolute Gasteiger partial charge is 0.416 e. The van der Waals surface area contributed by atoms with Gasteiger partial charge < -0.3 is 14.5 Å². The van der Waals surface area contributed by atoms with Crippen molar-refractivity contribution in [1.82, 2.24) is 14.8 Å². The van der Waals surface area contributed by atoms with E-state index in [1.165, 1.54) is 12.1 Å². The summed E-state index contributed by atoms with van der Waals surface area (Å²) in [6, 6.07) is 7.99. The van der Waals surface area contributed by atoms with Gasteiger partial charge in [0.1, 0.15) is 0 Å². The lowest BCUT2D eigenvalue weighted by molar-refractivity contribution is -0.137. The number of likely N-dealkylation sites (tertiary alicyclic amines) is 1. The first-order valence-electron chi connectivity index (χ1n) is 11.9. The van der Waals surface area contributed by atoms with Crippen LogP contribution in [0.25, 0.3) is 0 Å². The summed E-state index contributed by atoms with van der Waals surface area (Å²) in [5, 5.41) is 0. The maximum atomic E-state index is 13.4. The molecule has 1 aromatic heterocycles. The Morgan fingerprint density at radius 3 is 2.09 bits per heavy atom. The molecule has 6 nitrogen and oxygen atoms in total. The average molecular weight is 490 g/mol. The number of aryl methyl sites for hydroxylation is 1. The molecule has 0 spiro atoms. The van der Waals surface area contributed by atoms with Gasteiger partial charge in [-0.3, -0.25) is 14.6 Å². The van der Waals surface area contributed by atoms with Crippen LogP contribution >= 0.6 is 0 Å². The van der Waals surface area contributed by atoms with Crippen molar-refractivity contribution in [2.45, 2.75) is 57.9 Å². The Labute approximate surface area is 203 Å². The molecule has 0 unspecified atom stereocenters. The van der Waals surface area contributed by atoms with E-state index in [-0.39, 0.29) is 35.5 Å². The predicted molar refractivity (Wildman–Crippen MR) is 124 cm³/mol. The number of carbonyl (C=O) groups is 2. The summed E-state index contributed by atoms with van der Waals surface area (Å²) in [4.78, 5) is 34.5. The Kier molecular flexibility index (Phi) is 7.17. The van der Waals surface area contributed by atoms with E-state index in [1.54, 1.807) is 4.90 Å². The van der Waals surface area contributed by atoms with Crippen LogP contribution in [0.15, 0.2) is 36.4 Å². The topological polar surface area (TPSA) is 62.7 Å². The predicted octanol–water partition coefficient (Wildman–Crippen LogP) is 4.68. The van der Waals surface area contributed by atoms with Gasteiger partial charge in [0.15, 0.2) is 0 Å². The van der Waals surface area contributed by atoms with Gasteiger partial charge in [-0.1, -0.05) is 0 Å². The van der Waals surface area contributed by atoms with Crippen molar-refractivity contribution in [2.24, 2.45) is 0 Å². The normalized spacial score (nSPS) is 21.8. The van der Waals surface area contributed by atoms with E-state index >= 15 is 0 Å². The molecule has 0 N–H and O–H groups in total. The third kappa shape index (κ3) is 5.66. The molecular weight excluding hydrogens is 459 g/mol. The number of hydrogen-bond donors (Lipinski definition) is 0. The van der Waals surface area contributed by atoms with Crippen LogP contribution in [0, 0.1) is 6.92 Å². The first-order valence-corrected chi connectivity index (χ1v) is 11.9. The van der Waals surface area contributed by atoms with Crippen LogP contribution in [-0.4, -0.2) is 65.0 Å². The standard InChI is InChI=1S/C26H30F3N3O3/c1-16-4-9-22(25(34)32-14-17(2)35-18(3)15-32)23(30-16)19-10-12-31(13-11-19)24(33)20-5-7-21(8-6-20)26(27,28)29/h4-9,17-19H,10-15H2,1-3H3/t17-,18-/m1/s1. The Balaban J connectivity index is 1.46. The summed E-state index contributed by atoms with van der Waals surface area (Å²) in [7, 11) is 0. The third-order valence-electron chi connectivity index (χ3n) is 6.63. The minimum atomic E-state index is -4.44. The van der Waals surface area contributed by atoms with Crippen LogP contribution in [0.2, 0.25) is 0 Å².